The molecule has 0 aliphatic carbocycles. The first kappa shape index (κ1) is 23.2. The summed E-state index contributed by atoms with van der Waals surface area (Å²) in [7, 11) is 0. The van der Waals surface area contributed by atoms with Crippen LogP contribution in [0.5, 0.6) is 0 Å². The van der Waals surface area contributed by atoms with Crippen molar-refractivity contribution in [3.8, 4) is 0 Å². The molecule has 1 aromatic carbocycles. The summed E-state index contributed by atoms with van der Waals surface area (Å²) < 4.78 is 5.61. The van der Waals surface area contributed by atoms with Crippen molar-refractivity contribution in [3.05, 3.63) is 35.4 Å². The van der Waals surface area contributed by atoms with Crippen LogP contribution in [-0.2, 0) is 11.3 Å². The molecule has 0 atom stereocenters. The minimum absolute atomic E-state index is 0.148. The Bertz CT molecular complexity index is 622. The molecule has 1 saturated heterocycles. The summed E-state index contributed by atoms with van der Waals surface area (Å²) in [6.45, 7) is 11.9. The summed E-state index contributed by atoms with van der Waals surface area (Å²) in [4.78, 5) is 19.2. The molecule has 2 N–H and O–H groups in total. The summed E-state index contributed by atoms with van der Waals surface area (Å²) in [5.41, 5.74) is 1.86. The second kappa shape index (κ2) is 13.2. The van der Waals surface area contributed by atoms with Crippen LogP contribution in [0, 0.1) is 5.92 Å². The van der Waals surface area contributed by atoms with Crippen LogP contribution in [0.15, 0.2) is 29.3 Å². The van der Waals surface area contributed by atoms with Crippen LogP contribution < -0.4 is 10.6 Å². The number of nitrogens with zero attached hydrogens (tertiary/aromatic N) is 2. The lowest BCUT2D eigenvalue weighted by molar-refractivity contribution is 0.0724. The number of hydrogen-bond acceptors (Lipinski definition) is 3. The topological polar surface area (TPSA) is 66.0 Å². The van der Waals surface area contributed by atoms with E-state index in [1.807, 2.05) is 29.2 Å². The first-order chi connectivity index (χ1) is 14.1. The van der Waals surface area contributed by atoms with Gasteiger partial charge in [0.15, 0.2) is 5.96 Å². The van der Waals surface area contributed by atoms with Crippen molar-refractivity contribution in [2.45, 2.75) is 53.0 Å². The number of benzene rings is 1. The van der Waals surface area contributed by atoms with Gasteiger partial charge in [0.2, 0.25) is 0 Å². The molecule has 0 aromatic heterocycles. The van der Waals surface area contributed by atoms with E-state index in [1.54, 1.807) is 0 Å². The Kier molecular flexibility index (Phi) is 10.6. The number of piperidine rings is 1. The normalized spacial score (nSPS) is 14.9. The fraction of sp³-hybridized carbons (Fsp3) is 0.652. The van der Waals surface area contributed by atoms with Crippen LogP contribution in [0.3, 0.4) is 0 Å². The van der Waals surface area contributed by atoms with Crippen molar-refractivity contribution in [3.63, 3.8) is 0 Å². The lowest BCUT2D eigenvalue weighted by Gasteiger charge is -2.26. The van der Waals surface area contributed by atoms with E-state index in [0.29, 0.717) is 12.5 Å². The van der Waals surface area contributed by atoms with Crippen LogP contribution in [0.25, 0.3) is 0 Å². The Morgan fingerprint density at radius 2 is 1.86 bits per heavy atom. The highest BCUT2D eigenvalue weighted by Crippen LogP contribution is 2.14. The number of amides is 1. The second-order valence-electron chi connectivity index (χ2n) is 7.99. The van der Waals surface area contributed by atoms with Crippen LogP contribution in [-0.4, -0.2) is 56.2 Å². The van der Waals surface area contributed by atoms with Crippen LogP contribution in [0.4, 0.5) is 0 Å². The molecule has 162 valence electrons. The number of guanidine groups is 1. The van der Waals surface area contributed by atoms with Gasteiger partial charge in [-0.1, -0.05) is 26.0 Å². The third-order valence-corrected chi connectivity index (χ3v) is 4.82. The highest BCUT2D eigenvalue weighted by molar-refractivity contribution is 5.94. The van der Waals surface area contributed by atoms with Gasteiger partial charge in [-0.05, 0) is 56.2 Å². The first-order valence-electron chi connectivity index (χ1n) is 11.1. The van der Waals surface area contributed by atoms with Crippen molar-refractivity contribution in [2.75, 3.05) is 39.4 Å². The molecule has 6 heteroatoms. The van der Waals surface area contributed by atoms with Crippen molar-refractivity contribution >= 4 is 11.9 Å². The molecule has 1 amide bonds. The van der Waals surface area contributed by atoms with Crippen LogP contribution in [0.1, 0.15) is 62.4 Å². The minimum Gasteiger partial charge on any atom is -0.381 e. The van der Waals surface area contributed by atoms with Gasteiger partial charge in [0.1, 0.15) is 0 Å². The first-order valence-corrected chi connectivity index (χ1v) is 11.1. The van der Waals surface area contributed by atoms with Crippen molar-refractivity contribution in [1.82, 2.24) is 15.5 Å². The maximum atomic E-state index is 12.6. The van der Waals surface area contributed by atoms with Gasteiger partial charge in [0.25, 0.3) is 5.91 Å². The molecule has 1 aliphatic rings. The van der Waals surface area contributed by atoms with Crippen molar-refractivity contribution < 1.29 is 9.53 Å². The van der Waals surface area contributed by atoms with E-state index in [0.717, 1.165) is 75.7 Å². The highest BCUT2D eigenvalue weighted by Gasteiger charge is 2.17. The van der Waals surface area contributed by atoms with E-state index in [-0.39, 0.29) is 5.91 Å². The Hall–Kier alpha value is -2.08. The Morgan fingerprint density at radius 1 is 1.14 bits per heavy atom. The maximum absolute atomic E-state index is 12.6. The molecule has 1 heterocycles. The quantitative estimate of drug-likeness (QED) is 0.357. The third-order valence-electron chi connectivity index (χ3n) is 4.82. The van der Waals surface area contributed by atoms with E-state index >= 15 is 0 Å². The zero-order chi connectivity index (χ0) is 20.9. The molecule has 0 spiro atoms. The Labute approximate surface area is 176 Å². The molecule has 1 aromatic rings. The van der Waals surface area contributed by atoms with Gasteiger partial charge in [-0.15, -0.1) is 0 Å². The van der Waals surface area contributed by atoms with Crippen LogP contribution >= 0.6 is 0 Å². The summed E-state index contributed by atoms with van der Waals surface area (Å²) in [5.74, 6) is 1.53. The van der Waals surface area contributed by atoms with Gasteiger partial charge in [-0.25, -0.2) is 4.99 Å². The zero-order valence-corrected chi connectivity index (χ0v) is 18.4. The summed E-state index contributed by atoms with van der Waals surface area (Å²) in [5, 5.41) is 6.62. The number of carbonyl (C=O) groups excluding carboxylic acids is 1. The largest absolute Gasteiger partial charge is 0.381 e. The molecule has 1 aliphatic heterocycles. The molecule has 29 heavy (non-hydrogen) atoms. The van der Waals surface area contributed by atoms with Gasteiger partial charge in [-0.2, -0.15) is 0 Å². The number of carbonyl (C=O) groups is 1. The average Bonchev–Trinajstić information content (AvgIpc) is 2.74. The Balaban J connectivity index is 1.79. The predicted octanol–water partition coefficient (Wildman–Crippen LogP) is 3.43. The number of rotatable bonds is 10. The van der Waals surface area contributed by atoms with Gasteiger partial charge < -0.3 is 20.3 Å². The standard InChI is InChI=1S/C23H38N4O2/c1-4-24-23(25-13-8-16-29-18-19(2)3)26-17-20-9-11-21(12-10-20)22(28)27-14-6-5-7-15-27/h9-12,19H,4-8,13-18H2,1-3H3,(H2,24,25,26). The monoisotopic (exact) mass is 402 g/mol. The molecule has 0 unspecified atom stereocenters. The molecule has 0 saturated carbocycles. The van der Waals surface area contributed by atoms with Gasteiger partial charge in [0, 0.05) is 45.0 Å². The van der Waals surface area contributed by atoms with Gasteiger partial charge in [0.05, 0.1) is 6.54 Å². The summed E-state index contributed by atoms with van der Waals surface area (Å²) in [6.07, 6.45) is 4.41. The smallest absolute Gasteiger partial charge is 0.253 e. The van der Waals surface area contributed by atoms with E-state index < -0.39 is 0 Å². The highest BCUT2D eigenvalue weighted by atomic mass is 16.5. The lowest BCUT2D eigenvalue weighted by Crippen LogP contribution is -2.38. The number of nitrogens with one attached hydrogen (secondary N) is 2. The van der Waals surface area contributed by atoms with Crippen molar-refractivity contribution in [1.29, 1.82) is 0 Å². The zero-order valence-electron chi connectivity index (χ0n) is 18.4. The third kappa shape index (κ3) is 8.86. The average molecular weight is 403 g/mol. The minimum atomic E-state index is 0.148. The van der Waals surface area contributed by atoms with Gasteiger partial charge >= 0.3 is 0 Å². The fourth-order valence-electron chi connectivity index (χ4n) is 3.24. The predicted molar refractivity (Wildman–Crippen MR) is 119 cm³/mol. The second-order valence-corrected chi connectivity index (χ2v) is 7.99. The van der Waals surface area contributed by atoms with E-state index in [9.17, 15) is 4.79 Å². The van der Waals surface area contributed by atoms with Gasteiger partial charge in [-0.3, -0.25) is 4.79 Å². The molecule has 0 radical (unpaired) electrons. The lowest BCUT2D eigenvalue weighted by atomic mass is 10.1. The Morgan fingerprint density at radius 3 is 2.52 bits per heavy atom. The fourth-order valence-corrected chi connectivity index (χ4v) is 3.24. The molecular formula is C23H38N4O2. The SMILES string of the molecule is CCNC(=NCc1ccc(C(=O)N2CCCCC2)cc1)NCCCOCC(C)C. The molecular weight excluding hydrogens is 364 g/mol. The number of hydrogen-bond donors (Lipinski definition) is 2. The van der Waals surface area contributed by atoms with E-state index in [2.05, 4.69) is 36.4 Å². The van der Waals surface area contributed by atoms with E-state index in [1.165, 1.54) is 6.42 Å². The summed E-state index contributed by atoms with van der Waals surface area (Å²) >= 11 is 0. The molecule has 6 nitrogen and oxygen atoms in total. The molecule has 0 bridgehead atoms. The maximum Gasteiger partial charge on any atom is 0.253 e. The molecule has 1 fully saturated rings. The summed E-state index contributed by atoms with van der Waals surface area (Å²) in [6, 6.07) is 7.86. The number of likely N-dealkylation sites (tertiary alicyclic amines) is 1. The number of ether oxygens (including phenoxy) is 1. The van der Waals surface area contributed by atoms with Crippen molar-refractivity contribution in [2.24, 2.45) is 10.9 Å². The van der Waals surface area contributed by atoms with Crippen LogP contribution in [0.2, 0.25) is 0 Å². The number of aliphatic imine (C=N–C) groups is 1. The van der Waals surface area contributed by atoms with E-state index in [4.69, 9.17) is 4.74 Å². The molecule has 2 rings (SSSR count).